The standard InChI is InChI=1S/C38H44N8O6/c1-5-17-45(35(47)21-41-37(49)51-3)23-33-39-19-31(43-33)26-15-13-25(14-16-26)27-9-7-11-29-28(27)10-8-12-30(29)32-20-40-34(44-32)24-46(18-6-2)36(48)22-42-38(50)52-4/h7-16,19-20H,5-6,17-18,21-24H2,1-4H3,(H,39,43)(H,40,44)(H,41,49)(H,42,50). The smallest absolute Gasteiger partial charge is 0.407 e. The second-order valence-electron chi connectivity index (χ2n) is 12.1. The van der Waals surface area contributed by atoms with E-state index >= 15 is 0 Å². The predicted molar refractivity (Wildman–Crippen MR) is 197 cm³/mol. The van der Waals surface area contributed by atoms with Gasteiger partial charge in [-0.05, 0) is 40.3 Å². The maximum atomic E-state index is 12.8. The molecule has 0 atom stereocenters. The Labute approximate surface area is 301 Å². The molecule has 14 heteroatoms. The molecule has 5 rings (SSSR count). The van der Waals surface area contributed by atoms with E-state index < -0.39 is 12.2 Å². The van der Waals surface area contributed by atoms with Crippen LogP contribution in [0.25, 0.3) is 44.4 Å². The average molecular weight is 709 g/mol. The number of fused-ring (bicyclic) bond motifs is 1. The molecule has 0 aliphatic heterocycles. The molecule has 0 aliphatic carbocycles. The SMILES string of the molecule is CCCN(Cc1ncc(-c2ccc(-c3cccc4c(-c5cnc(CN(CCC)C(=O)CNC(=O)OC)[nH]5)cccc34)cc2)[nH]1)C(=O)CNC(=O)OC. The molecule has 0 bridgehead atoms. The van der Waals surface area contributed by atoms with Crippen LogP contribution in [-0.2, 0) is 32.2 Å². The van der Waals surface area contributed by atoms with Gasteiger partial charge < -0.3 is 39.9 Å². The van der Waals surface area contributed by atoms with Crippen molar-refractivity contribution in [2.75, 3.05) is 40.4 Å². The number of H-pyrrole nitrogens is 2. The largest absolute Gasteiger partial charge is 0.453 e. The van der Waals surface area contributed by atoms with Crippen molar-refractivity contribution in [3.63, 3.8) is 0 Å². The number of hydrogen-bond acceptors (Lipinski definition) is 8. The molecule has 0 aliphatic rings. The third kappa shape index (κ3) is 9.13. The first-order valence-electron chi connectivity index (χ1n) is 17.1. The lowest BCUT2D eigenvalue weighted by Crippen LogP contribution is -2.40. The zero-order valence-corrected chi connectivity index (χ0v) is 29.8. The normalized spacial score (nSPS) is 10.8. The number of methoxy groups -OCH3 is 2. The number of amides is 4. The van der Waals surface area contributed by atoms with Gasteiger partial charge in [0.05, 0.1) is 51.1 Å². The van der Waals surface area contributed by atoms with Crippen molar-refractivity contribution in [2.45, 2.75) is 39.8 Å². The number of rotatable bonds is 15. The van der Waals surface area contributed by atoms with Gasteiger partial charge in [0.25, 0.3) is 0 Å². The van der Waals surface area contributed by atoms with Crippen LogP contribution in [-0.4, -0.2) is 94.1 Å². The predicted octanol–water partition coefficient (Wildman–Crippen LogP) is 5.48. The molecule has 0 spiro atoms. The third-order valence-corrected chi connectivity index (χ3v) is 8.49. The molecular formula is C38H44N8O6. The highest BCUT2D eigenvalue weighted by molar-refractivity contribution is 6.04. The third-order valence-electron chi connectivity index (χ3n) is 8.49. The van der Waals surface area contributed by atoms with Gasteiger partial charge in [-0.2, -0.15) is 0 Å². The first-order valence-corrected chi connectivity index (χ1v) is 17.1. The number of aromatic amines is 2. The van der Waals surface area contributed by atoms with Gasteiger partial charge in [0.2, 0.25) is 11.8 Å². The van der Waals surface area contributed by atoms with Gasteiger partial charge in [0.1, 0.15) is 24.7 Å². The molecule has 4 amide bonds. The summed E-state index contributed by atoms with van der Waals surface area (Å²) in [4.78, 5) is 67.5. The zero-order chi connectivity index (χ0) is 37.0. The monoisotopic (exact) mass is 708 g/mol. The fourth-order valence-corrected chi connectivity index (χ4v) is 5.94. The molecule has 52 heavy (non-hydrogen) atoms. The summed E-state index contributed by atoms with van der Waals surface area (Å²) in [6.07, 6.45) is 3.74. The summed E-state index contributed by atoms with van der Waals surface area (Å²) in [5.41, 5.74) is 5.71. The molecule has 0 radical (unpaired) electrons. The highest BCUT2D eigenvalue weighted by atomic mass is 16.5. The summed E-state index contributed by atoms with van der Waals surface area (Å²) in [5, 5.41) is 7.01. The minimum Gasteiger partial charge on any atom is -0.453 e. The van der Waals surface area contributed by atoms with Crippen LogP contribution in [0.1, 0.15) is 38.3 Å². The van der Waals surface area contributed by atoms with Gasteiger partial charge in [0, 0.05) is 18.7 Å². The van der Waals surface area contributed by atoms with Crippen LogP contribution in [0.15, 0.2) is 73.1 Å². The number of imidazole rings is 2. The van der Waals surface area contributed by atoms with E-state index in [9.17, 15) is 19.2 Å². The quantitative estimate of drug-likeness (QED) is 0.111. The molecule has 3 aromatic carbocycles. The molecule has 4 N–H and O–H groups in total. The Kier molecular flexibility index (Phi) is 12.6. The number of carbonyl (C=O) groups is 4. The van der Waals surface area contributed by atoms with Crippen LogP contribution in [0.3, 0.4) is 0 Å². The van der Waals surface area contributed by atoms with Crippen LogP contribution >= 0.6 is 0 Å². The molecule has 0 fully saturated rings. The molecule has 5 aromatic rings. The number of nitrogens with one attached hydrogen (secondary N) is 4. The number of nitrogens with zero attached hydrogens (tertiary/aromatic N) is 4. The Hall–Kier alpha value is -6.18. The van der Waals surface area contributed by atoms with E-state index in [0.29, 0.717) is 24.7 Å². The fraction of sp³-hybridized carbons (Fsp3) is 0.316. The molecule has 272 valence electrons. The number of alkyl carbamates (subject to hydrolysis) is 2. The number of aromatic nitrogens is 4. The minimum atomic E-state index is -0.655. The van der Waals surface area contributed by atoms with Gasteiger partial charge in [0.15, 0.2) is 0 Å². The Morgan fingerprint density at radius 3 is 1.62 bits per heavy atom. The van der Waals surface area contributed by atoms with E-state index in [-0.39, 0.29) is 38.0 Å². The van der Waals surface area contributed by atoms with E-state index in [4.69, 9.17) is 0 Å². The van der Waals surface area contributed by atoms with Crippen LogP contribution in [0.2, 0.25) is 0 Å². The molecular weight excluding hydrogens is 664 g/mol. The Bertz CT molecular complexity index is 2000. The first-order chi connectivity index (χ1) is 25.2. The van der Waals surface area contributed by atoms with Gasteiger partial charge in [-0.25, -0.2) is 19.6 Å². The summed E-state index contributed by atoms with van der Waals surface area (Å²) in [7, 11) is 2.51. The molecule has 2 heterocycles. The average Bonchev–Trinajstić information content (AvgIpc) is 3.85. The topological polar surface area (TPSA) is 175 Å². The fourth-order valence-electron chi connectivity index (χ4n) is 5.94. The van der Waals surface area contributed by atoms with Crippen molar-refractivity contribution in [1.29, 1.82) is 0 Å². The second kappa shape index (κ2) is 17.7. The molecule has 2 aromatic heterocycles. The lowest BCUT2D eigenvalue weighted by molar-refractivity contribution is -0.131. The van der Waals surface area contributed by atoms with Crippen molar-refractivity contribution in [2.24, 2.45) is 0 Å². The summed E-state index contributed by atoms with van der Waals surface area (Å²) >= 11 is 0. The van der Waals surface area contributed by atoms with Crippen LogP contribution in [0.5, 0.6) is 0 Å². The van der Waals surface area contributed by atoms with Crippen molar-refractivity contribution >= 4 is 34.8 Å². The Balaban J connectivity index is 1.31. The molecule has 14 nitrogen and oxygen atoms in total. The summed E-state index contributed by atoms with van der Waals surface area (Å²) in [6.45, 7) is 5.27. The number of hydrogen-bond donors (Lipinski definition) is 4. The molecule has 0 unspecified atom stereocenters. The maximum Gasteiger partial charge on any atom is 0.407 e. The number of carbonyl (C=O) groups excluding carboxylic acids is 4. The number of benzene rings is 3. The Morgan fingerprint density at radius 2 is 1.10 bits per heavy atom. The van der Waals surface area contributed by atoms with Gasteiger partial charge >= 0.3 is 12.2 Å². The van der Waals surface area contributed by atoms with Gasteiger partial charge in [-0.1, -0.05) is 74.5 Å². The van der Waals surface area contributed by atoms with Crippen molar-refractivity contribution in [1.82, 2.24) is 40.4 Å². The van der Waals surface area contributed by atoms with E-state index in [1.54, 1.807) is 22.2 Å². The summed E-state index contributed by atoms with van der Waals surface area (Å²) in [5.74, 6) is 0.831. The lowest BCUT2D eigenvalue weighted by atomic mass is 9.94. The molecule has 0 saturated carbocycles. The van der Waals surface area contributed by atoms with E-state index in [1.165, 1.54) is 14.2 Å². The van der Waals surface area contributed by atoms with Crippen molar-refractivity contribution in [3.8, 4) is 33.6 Å². The second-order valence-corrected chi connectivity index (χ2v) is 12.1. The van der Waals surface area contributed by atoms with Crippen LogP contribution < -0.4 is 10.6 Å². The van der Waals surface area contributed by atoms with E-state index in [0.717, 1.165) is 57.3 Å². The number of ether oxygens (including phenoxy) is 2. The Morgan fingerprint density at radius 1 is 0.635 bits per heavy atom. The van der Waals surface area contributed by atoms with Gasteiger partial charge in [-0.15, -0.1) is 0 Å². The molecule has 0 saturated heterocycles. The highest BCUT2D eigenvalue weighted by Gasteiger charge is 2.19. The first kappa shape index (κ1) is 37.1. The minimum absolute atomic E-state index is 0.154. The van der Waals surface area contributed by atoms with E-state index in [2.05, 4.69) is 70.4 Å². The van der Waals surface area contributed by atoms with Crippen molar-refractivity contribution in [3.05, 3.63) is 84.7 Å². The van der Waals surface area contributed by atoms with E-state index in [1.807, 2.05) is 44.2 Å². The van der Waals surface area contributed by atoms with Crippen LogP contribution in [0, 0.1) is 0 Å². The van der Waals surface area contributed by atoms with Crippen LogP contribution in [0.4, 0.5) is 9.59 Å². The summed E-state index contributed by atoms with van der Waals surface area (Å²) < 4.78 is 9.14. The van der Waals surface area contributed by atoms with Crippen molar-refractivity contribution < 1.29 is 28.7 Å². The summed E-state index contributed by atoms with van der Waals surface area (Å²) in [6, 6.07) is 20.6. The zero-order valence-electron chi connectivity index (χ0n) is 29.8. The van der Waals surface area contributed by atoms with Gasteiger partial charge in [-0.3, -0.25) is 9.59 Å². The maximum absolute atomic E-state index is 12.8. The lowest BCUT2D eigenvalue weighted by Gasteiger charge is -2.21. The highest BCUT2D eigenvalue weighted by Crippen LogP contribution is 2.35.